The van der Waals surface area contributed by atoms with Crippen LogP contribution in [0.4, 0.5) is 13.2 Å². The fourth-order valence-electron chi connectivity index (χ4n) is 2.18. The smallest absolute Gasteiger partial charge is 0.298 e. The highest BCUT2D eigenvalue weighted by Gasteiger charge is 2.35. The number of hydrogen-bond acceptors (Lipinski definition) is 2. The van der Waals surface area contributed by atoms with E-state index in [4.69, 9.17) is 0 Å². The second-order valence-electron chi connectivity index (χ2n) is 4.53. The quantitative estimate of drug-likeness (QED) is 0.672. The number of rotatable bonds is 2. The maximum absolute atomic E-state index is 12.9. The fraction of sp³-hybridized carbons (Fsp3) is 0.0667. The van der Waals surface area contributed by atoms with Crippen LogP contribution in [-0.2, 0) is 6.18 Å². The average molecular weight is 290 g/mol. The molecule has 1 aromatic heterocycles. The highest BCUT2D eigenvalue weighted by atomic mass is 19.4. The predicted octanol–water partition coefficient (Wildman–Crippen LogP) is 3.86. The highest BCUT2D eigenvalue weighted by molar-refractivity contribution is 5.90. The van der Waals surface area contributed by atoms with E-state index in [0.29, 0.717) is 11.3 Å². The first kappa shape index (κ1) is 13.4. The summed E-state index contributed by atoms with van der Waals surface area (Å²) in [7, 11) is 0. The topological polar surface area (TPSA) is 34.9 Å². The van der Waals surface area contributed by atoms with E-state index in [2.05, 4.69) is 5.10 Å². The maximum Gasteiger partial charge on any atom is 0.433 e. The van der Waals surface area contributed by atoms with Crippen LogP contribution in [0.3, 0.4) is 0 Å². The fourth-order valence-corrected chi connectivity index (χ4v) is 2.18. The highest BCUT2D eigenvalue weighted by Crippen LogP contribution is 2.31. The van der Waals surface area contributed by atoms with Crippen molar-refractivity contribution in [3.05, 3.63) is 59.9 Å². The minimum atomic E-state index is -4.47. The van der Waals surface area contributed by atoms with E-state index >= 15 is 0 Å². The van der Waals surface area contributed by atoms with Crippen LogP contribution in [0.25, 0.3) is 16.5 Å². The minimum Gasteiger partial charge on any atom is -0.298 e. The Hall–Kier alpha value is -2.63. The molecule has 2 aromatic carbocycles. The van der Waals surface area contributed by atoms with Crippen molar-refractivity contribution in [2.45, 2.75) is 6.18 Å². The van der Waals surface area contributed by atoms with E-state index in [9.17, 15) is 18.0 Å². The third kappa shape index (κ3) is 2.40. The van der Waals surface area contributed by atoms with Gasteiger partial charge in [0.2, 0.25) is 0 Å². The van der Waals surface area contributed by atoms with Crippen molar-refractivity contribution in [1.29, 1.82) is 0 Å². The summed E-state index contributed by atoms with van der Waals surface area (Å²) in [4.78, 5) is 10.7. The molecule has 1 heterocycles. The number of nitrogens with zero attached hydrogens (tertiary/aromatic N) is 2. The third-order valence-electron chi connectivity index (χ3n) is 3.16. The maximum atomic E-state index is 12.9. The summed E-state index contributed by atoms with van der Waals surface area (Å²) < 4.78 is 39.5. The Kier molecular flexibility index (Phi) is 3.01. The van der Waals surface area contributed by atoms with Gasteiger partial charge in [-0.1, -0.05) is 18.2 Å². The summed E-state index contributed by atoms with van der Waals surface area (Å²) in [5.41, 5.74) is 0.00959. The van der Waals surface area contributed by atoms with Gasteiger partial charge in [0.1, 0.15) is 12.0 Å². The second-order valence-corrected chi connectivity index (χ2v) is 4.53. The normalized spacial score (nSPS) is 11.8. The van der Waals surface area contributed by atoms with Gasteiger partial charge in [0.05, 0.1) is 11.9 Å². The zero-order chi connectivity index (χ0) is 15.0. The van der Waals surface area contributed by atoms with Gasteiger partial charge in [-0.15, -0.1) is 0 Å². The van der Waals surface area contributed by atoms with Crippen LogP contribution in [-0.4, -0.2) is 16.1 Å². The van der Waals surface area contributed by atoms with Crippen LogP contribution in [0.2, 0.25) is 0 Å². The van der Waals surface area contributed by atoms with Gasteiger partial charge < -0.3 is 0 Å². The Bertz CT molecular complexity index is 821. The Morgan fingerprint density at radius 2 is 1.71 bits per heavy atom. The lowest BCUT2D eigenvalue weighted by molar-refractivity contribution is -0.142. The Balaban J connectivity index is 2.14. The molecule has 0 fully saturated rings. The molecule has 0 bridgehead atoms. The minimum absolute atomic E-state index is 0.318. The summed E-state index contributed by atoms with van der Waals surface area (Å²) in [6.07, 6.45) is -2.63. The van der Waals surface area contributed by atoms with Gasteiger partial charge in [0, 0.05) is 5.56 Å². The molecule has 3 rings (SSSR count). The lowest BCUT2D eigenvalue weighted by Crippen LogP contribution is -2.13. The molecular weight excluding hydrogens is 281 g/mol. The Morgan fingerprint density at radius 3 is 2.43 bits per heavy atom. The van der Waals surface area contributed by atoms with Crippen LogP contribution in [0.1, 0.15) is 16.1 Å². The number of aromatic nitrogens is 2. The zero-order valence-electron chi connectivity index (χ0n) is 10.6. The van der Waals surface area contributed by atoms with Crippen molar-refractivity contribution in [1.82, 2.24) is 9.78 Å². The van der Waals surface area contributed by atoms with Crippen LogP contribution in [0.15, 0.2) is 48.7 Å². The molecule has 0 spiro atoms. The third-order valence-corrected chi connectivity index (χ3v) is 3.16. The first-order valence-electron chi connectivity index (χ1n) is 6.09. The molecule has 0 amide bonds. The summed E-state index contributed by atoms with van der Waals surface area (Å²) in [6.45, 7) is 0. The molecule has 0 saturated carbocycles. The largest absolute Gasteiger partial charge is 0.433 e. The molecule has 0 saturated heterocycles. The molecule has 0 aliphatic carbocycles. The zero-order valence-corrected chi connectivity index (χ0v) is 10.6. The van der Waals surface area contributed by atoms with Crippen LogP contribution >= 0.6 is 0 Å². The SMILES string of the molecule is O=Cc1ccc2cc(-n3nccc3C(F)(F)F)ccc2c1. The molecule has 21 heavy (non-hydrogen) atoms. The number of fused-ring (bicyclic) bond motifs is 1. The van der Waals surface area contributed by atoms with Gasteiger partial charge in [0.15, 0.2) is 0 Å². The lowest BCUT2D eigenvalue weighted by Gasteiger charge is -2.11. The van der Waals surface area contributed by atoms with E-state index < -0.39 is 11.9 Å². The van der Waals surface area contributed by atoms with Crippen molar-refractivity contribution in [3.63, 3.8) is 0 Å². The van der Waals surface area contributed by atoms with E-state index in [1.807, 2.05) is 0 Å². The number of aldehydes is 1. The molecule has 106 valence electrons. The second kappa shape index (κ2) is 4.73. The molecule has 0 aliphatic rings. The number of benzene rings is 2. The first-order valence-corrected chi connectivity index (χ1v) is 6.09. The number of halogens is 3. The molecule has 0 N–H and O–H groups in total. The van der Waals surface area contributed by atoms with Gasteiger partial charge in [0.25, 0.3) is 0 Å². The molecule has 3 nitrogen and oxygen atoms in total. The Morgan fingerprint density at radius 1 is 1.00 bits per heavy atom. The molecule has 3 aromatic rings. The van der Waals surface area contributed by atoms with Crippen LogP contribution < -0.4 is 0 Å². The molecule has 0 unspecified atom stereocenters. The number of alkyl halides is 3. The lowest BCUT2D eigenvalue weighted by atomic mass is 10.1. The summed E-state index contributed by atoms with van der Waals surface area (Å²) in [5.74, 6) is 0. The van der Waals surface area contributed by atoms with Crippen molar-refractivity contribution in [2.24, 2.45) is 0 Å². The molecule has 0 atom stereocenters. The van der Waals surface area contributed by atoms with Gasteiger partial charge in [-0.25, -0.2) is 4.68 Å². The number of carbonyl (C=O) groups is 1. The van der Waals surface area contributed by atoms with E-state index in [1.54, 1.807) is 36.4 Å². The number of carbonyl (C=O) groups excluding carboxylic acids is 1. The molecular formula is C15H9F3N2O. The molecule has 0 aliphatic heterocycles. The Labute approximate surface area is 117 Å². The standard InChI is InChI=1S/C15H9F3N2O/c16-15(17,18)14-5-6-19-20(14)13-4-3-11-7-10(9-21)1-2-12(11)8-13/h1-9H. The predicted molar refractivity (Wildman–Crippen MR) is 71.5 cm³/mol. The molecule has 0 radical (unpaired) electrons. The summed E-state index contributed by atoms with van der Waals surface area (Å²) >= 11 is 0. The van der Waals surface area contributed by atoms with Gasteiger partial charge in [-0.05, 0) is 35.0 Å². The van der Waals surface area contributed by atoms with E-state index in [0.717, 1.165) is 34.0 Å². The van der Waals surface area contributed by atoms with Crippen molar-refractivity contribution >= 4 is 17.1 Å². The van der Waals surface area contributed by atoms with E-state index in [1.165, 1.54) is 0 Å². The van der Waals surface area contributed by atoms with Gasteiger partial charge >= 0.3 is 6.18 Å². The van der Waals surface area contributed by atoms with E-state index in [-0.39, 0.29) is 0 Å². The van der Waals surface area contributed by atoms with Crippen LogP contribution in [0, 0.1) is 0 Å². The monoisotopic (exact) mass is 290 g/mol. The average Bonchev–Trinajstić information content (AvgIpc) is 2.95. The van der Waals surface area contributed by atoms with Crippen molar-refractivity contribution < 1.29 is 18.0 Å². The van der Waals surface area contributed by atoms with Crippen molar-refractivity contribution in [3.8, 4) is 5.69 Å². The van der Waals surface area contributed by atoms with Crippen LogP contribution in [0.5, 0.6) is 0 Å². The summed E-state index contributed by atoms with van der Waals surface area (Å²) in [6, 6.07) is 10.7. The summed E-state index contributed by atoms with van der Waals surface area (Å²) in [5, 5.41) is 5.25. The number of hydrogen-bond donors (Lipinski definition) is 0. The van der Waals surface area contributed by atoms with Crippen molar-refractivity contribution in [2.75, 3.05) is 0 Å². The van der Waals surface area contributed by atoms with Gasteiger partial charge in [-0.2, -0.15) is 18.3 Å². The van der Waals surface area contributed by atoms with Gasteiger partial charge in [-0.3, -0.25) is 4.79 Å². The molecule has 6 heteroatoms. The first-order chi connectivity index (χ1) is 9.99.